The summed E-state index contributed by atoms with van der Waals surface area (Å²) in [6, 6.07) is 10.8. The van der Waals surface area contributed by atoms with Gasteiger partial charge in [0.1, 0.15) is 23.1 Å². The van der Waals surface area contributed by atoms with Crippen molar-refractivity contribution in [2.45, 2.75) is 70.7 Å². The number of aromatic nitrogens is 1. The molecule has 2 fully saturated rings. The second-order valence-corrected chi connectivity index (χ2v) is 10.3. The Bertz CT molecular complexity index is 1020. The molecular formula is C28H38N4O4. The number of rotatable bonds is 9. The fourth-order valence-electron chi connectivity index (χ4n) is 5.14. The maximum absolute atomic E-state index is 13.5. The largest absolute Gasteiger partial charge is 0.456 e. The average Bonchev–Trinajstić information content (AvgIpc) is 2.89. The normalized spacial score (nSPS) is 21.0. The van der Waals surface area contributed by atoms with E-state index in [1.807, 2.05) is 38.1 Å². The van der Waals surface area contributed by atoms with Crippen molar-refractivity contribution in [2.75, 3.05) is 19.6 Å². The van der Waals surface area contributed by atoms with E-state index in [0.29, 0.717) is 38.2 Å². The molecule has 0 saturated carbocycles. The fourth-order valence-corrected chi connectivity index (χ4v) is 5.14. The number of likely N-dealkylation sites (tertiary alicyclic amines) is 1. The van der Waals surface area contributed by atoms with Crippen LogP contribution < -0.4 is 10.1 Å². The van der Waals surface area contributed by atoms with Crippen molar-refractivity contribution in [2.24, 2.45) is 5.92 Å². The number of carbonyl (C=O) groups excluding carboxylic acids is 2. The number of ether oxygens (including phenoxy) is 1. The number of hydrogen-bond acceptors (Lipinski definition) is 6. The van der Waals surface area contributed by atoms with Crippen molar-refractivity contribution < 1.29 is 19.4 Å². The van der Waals surface area contributed by atoms with Crippen molar-refractivity contribution in [1.29, 1.82) is 0 Å². The van der Waals surface area contributed by atoms with Crippen LogP contribution in [0.3, 0.4) is 0 Å². The Morgan fingerprint density at radius 2 is 1.86 bits per heavy atom. The minimum Gasteiger partial charge on any atom is -0.456 e. The average molecular weight is 495 g/mol. The Labute approximate surface area is 213 Å². The highest BCUT2D eigenvalue weighted by molar-refractivity contribution is 6.00. The first-order valence-corrected chi connectivity index (χ1v) is 13.0. The van der Waals surface area contributed by atoms with Gasteiger partial charge in [-0.15, -0.1) is 0 Å². The molecule has 1 aromatic carbocycles. The Balaban J connectivity index is 1.40. The Morgan fingerprint density at radius 1 is 1.14 bits per heavy atom. The number of piperazine rings is 1. The zero-order valence-electron chi connectivity index (χ0n) is 21.5. The number of nitrogens with one attached hydrogen (secondary N) is 1. The maximum Gasteiger partial charge on any atom is 0.248 e. The van der Waals surface area contributed by atoms with Crippen LogP contribution >= 0.6 is 0 Å². The first-order chi connectivity index (χ1) is 17.3. The van der Waals surface area contributed by atoms with Crippen LogP contribution in [0, 0.1) is 5.92 Å². The van der Waals surface area contributed by atoms with E-state index in [1.165, 1.54) is 0 Å². The summed E-state index contributed by atoms with van der Waals surface area (Å²) in [4.78, 5) is 35.1. The molecule has 0 aliphatic carbocycles. The van der Waals surface area contributed by atoms with Crippen molar-refractivity contribution in [3.63, 3.8) is 0 Å². The number of nitrogens with zero attached hydrogens (tertiary/aromatic N) is 3. The van der Waals surface area contributed by atoms with Crippen molar-refractivity contribution in [3.05, 3.63) is 54.4 Å². The Morgan fingerprint density at radius 3 is 2.47 bits per heavy atom. The van der Waals surface area contributed by atoms with Gasteiger partial charge in [0.15, 0.2) is 0 Å². The van der Waals surface area contributed by atoms with E-state index in [0.717, 1.165) is 30.7 Å². The van der Waals surface area contributed by atoms with Crippen molar-refractivity contribution in [1.82, 2.24) is 20.1 Å². The predicted molar refractivity (Wildman–Crippen MR) is 137 cm³/mol. The smallest absolute Gasteiger partial charge is 0.248 e. The maximum atomic E-state index is 13.5. The highest BCUT2D eigenvalue weighted by Crippen LogP contribution is 2.35. The molecule has 1 spiro atoms. The molecule has 2 N–H and O–H groups in total. The van der Waals surface area contributed by atoms with Gasteiger partial charge in [0.05, 0.1) is 12.3 Å². The standard InChI is InChI=1S/C28H38N4O4/c1-4-5-15-32-26(34)24(25(33)20(2)3)30-27(35)28(32)12-16-31(17-13-28)19-21-8-10-22(11-9-21)36-23-7-6-14-29-18-23/h6-11,14,18,20,24-25,33H,4-5,12-13,15-17,19H2,1-3H3,(H,30,35)/t24-,25-/m1/s1. The van der Waals surface area contributed by atoms with Crippen molar-refractivity contribution in [3.8, 4) is 11.5 Å². The molecule has 36 heavy (non-hydrogen) atoms. The second kappa shape index (κ2) is 11.4. The molecule has 2 aliphatic rings. The molecule has 0 bridgehead atoms. The molecule has 2 saturated heterocycles. The van der Waals surface area contributed by atoms with Gasteiger partial charge in [-0.1, -0.05) is 39.3 Å². The number of unbranched alkanes of at least 4 members (excludes halogenated alkanes) is 1. The third-order valence-electron chi connectivity index (χ3n) is 7.40. The zero-order chi connectivity index (χ0) is 25.7. The highest BCUT2D eigenvalue weighted by Gasteiger charge is 2.54. The minimum absolute atomic E-state index is 0.121. The molecule has 2 aromatic rings. The van der Waals surface area contributed by atoms with Gasteiger partial charge in [0.2, 0.25) is 11.8 Å². The summed E-state index contributed by atoms with van der Waals surface area (Å²) in [5, 5.41) is 13.5. The highest BCUT2D eigenvalue weighted by atomic mass is 16.5. The molecular weight excluding hydrogens is 456 g/mol. The number of aliphatic hydroxyl groups excluding tert-OH is 1. The van der Waals surface area contributed by atoms with Crippen LogP contribution in [0.25, 0.3) is 0 Å². The van der Waals surface area contributed by atoms with Gasteiger partial charge in [0, 0.05) is 32.4 Å². The number of piperidine rings is 1. The number of amides is 2. The SMILES string of the molecule is CCCCN1C(=O)[C@@H]([C@H](O)C(C)C)NC(=O)C12CCN(Cc1ccc(Oc3cccnc3)cc1)CC2. The molecule has 0 unspecified atom stereocenters. The lowest BCUT2D eigenvalue weighted by atomic mass is 9.80. The fraction of sp³-hybridized carbons (Fsp3) is 0.536. The van der Waals surface area contributed by atoms with Gasteiger partial charge in [-0.25, -0.2) is 0 Å². The molecule has 8 heteroatoms. The molecule has 8 nitrogen and oxygen atoms in total. The van der Waals surface area contributed by atoms with Crippen LogP contribution in [0.5, 0.6) is 11.5 Å². The van der Waals surface area contributed by atoms with Gasteiger partial charge < -0.3 is 20.1 Å². The summed E-state index contributed by atoms with van der Waals surface area (Å²) in [5.74, 6) is 1.06. The lowest BCUT2D eigenvalue weighted by Gasteiger charge is -2.52. The van der Waals surface area contributed by atoms with Crippen LogP contribution in [0.15, 0.2) is 48.8 Å². The number of aliphatic hydroxyl groups is 1. The van der Waals surface area contributed by atoms with E-state index >= 15 is 0 Å². The monoisotopic (exact) mass is 494 g/mol. The number of hydrogen-bond donors (Lipinski definition) is 2. The molecule has 1 aromatic heterocycles. The summed E-state index contributed by atoms with van der Waals surface area (Å²) in [7, 11) is 0. The topological polar surface area (TPSA) is 95.0 Å². The van der Waals surface area contributed by atoms with Gasteiger partial charge in [-0.2, -0.15) is 0 Å². The molecule has 0 radical (unpaired) electrons. The van der Waals surface area contributed by atoms with E-state index in [1.54, 1.807) is 17.3 Å². The molecule has 2 aliphatic heterocycles. The van der Waals surface area contributed by atoms with Crippen LogP contribution in [0.1, 0.15) is 52.0 Å². The van der Waals surface area contributed by atoms with E-state index in [4.69, 9.17) is 4.74 Å². The molecule has 2 atom stereocenters. The predicted octanol–water partition coefficient (Wildman–Crippen LogP) is 3.35. The van der Waals surface area contributed by atoms with E-state index in [9.17, 15) is 14.7 Å². The molecule has 4 rings (SSSR count). The van der Waals surface area contributed by atoms with Crippen LogP contribution in [0.4, 0.5) is 0 Å². The summed E-state index contributed by atoms with van der Waals surface area (Å²) in [6.07, 6.45) is 5.44. The van der Waals surface area contributed by atoms with Crippen LogP contribution in [-0.2, 0) is 16.1 Å². The Hall–Kier alpha value is -2.97. The summed E-state index contributed by atoms with van der Waals surface area (Å²) in [5.41, 5.74) is 0.328. The van der Waals surface area contributed by atoms with Crippen molar-refractivity contribution >= 4 is 11.8 Å². The molecule has 3 heterocycles. The van der Waals surface area contributed by atoms with E-state index < -0.39 is 17.7 Å². The van der Waals surface area contributed by atoms with Gasteiger partial charge in [0.25, 0.3) is 0 Å². The Kier molecular flexibility index (Phi) is 8.26. The lowest BCUT2D eigenvalue weighted by Crippen LogP contribution is -2.74. The van der Waals surface area contributed by atoms with E-state index in [-0.39, 0.29) is 17.7 Å². The summed E-state index contributed by atoms with van der Waals surface area (Å²) in [6.45, 7) is 8.55. The molecule has 194 valence electrons. The summed E-state index contributed by atoms with van der Waals surface area (Å²) < 4.78 is 5.83. The first kappa shape index (κ1) is 26.1. The van der Waals surface area contributed by atoms with Crippen LogP contribution in [-0.4, -0.2) is 69.0 Å². The number of benzene rings is 1. The third-order valence-corrected chi connectivity index (χ3v) is 7.40. The number of pyridine rings is 1. The van der Waals surface area contributed by atoms with E-state index in [2.05, 4.69) is 34.3 Å². The third kappa shape index (κ3) is 5.55. The second-order valence-electron chi connectivity index (χ2n) is 10.3. The lowest BCUT2D eigenvalue weighted by molar-refractivity contribution is -0.165. The van der Waals surface area contributed by atoms with Crippen LogP contribution in [0.2, 0.25) is 0 Å². The minimum atomic E-state index is -0.895. The van der Waals surface area contributed by atoms with Gasteiger partial charge >= 0.3 is 0 Å². The molecule has 2 amide bonds. The number of carbonyl (C=O) groups is 2. The quantitative estimate of drug-likeness (QED) is 0.555. The summed E-state index contributed by atoms with van der Waals surface area (Å²) >= 11 is 0. The first-order valence-electron chi connectivity index (χ1n) is 13.0. The van der Waals surface area contributed by atoms with Gasteiger partial charge in [-0.3, -0.25) is 19.5 Å². The van der Waals surface area contributed by atoms with Gasteiger partial charge in [-0.05, 0) is 55.0 Å². The zero-order valence-corrected chi connectivity index (χ0v) is 21.5.